The molecule has 0 amide bonds. The second-order valence-electron chi connectivity index (χ2n) is 4.16. The summed E-state index contributed by atoms with van der Waals surface area (Å²) < 4.78 is 0. The van der Waals surface area contributed by atoms with Crippen molar-refractivity contribution >= 4 is 17.2 Å². The second kappa shape index (κ2) is 3.06. The molecule has 1 aromatic rings. The maximum Gasteiger partial charge on any atom is 0.109 e. The van der Waals surface area contributed by atoms with E-state index >= 15 is 0 Å². The molecule has 1 atom stereocenters. The molecule has 1 saturated heterocycles. The summed E-state index contributed by atoms with van der Waals surface area (Å²) in [5, 5.41) is 0. The molecule has 0 radical (unpaired) electrons. The fourth-order valence-electron chi connectivity index (χ4n) is 2.63. The summed E-state index contributed by atoms with van der Waals surface area (Å²) in [6.07, 6.45) is 3.81. The number of hydrogen-bond donors (Lipinski definition) is 0. The molecule has 2 aliphatic rings. The molecule has 14 heavy (non-hydrogen) atoms. The van der Waals surface area contributed by atoms with Gasteiger partial charge in [-0.25, -0.2) is 0 Å². The van der Waals surface area contributed by atoms with Gasteiger partial charge in [-0.3, -0.25) is 0 Å². The van der Waals surface area contributed by atoms with Gasteiger partial charge in [-0.05, 0) is 24.8 Å². The number of nitrogens with zero attached hydrogens (tertiary/aromatic N) is 1. The molecule has 1 nitrogen and oxygen atoms in total. The number of fused-ring (bicyclic) bond motifs is 2. The Hall–Kier alpha value is -0.890. The summed E-state index contributed by atoms with van der Waals surface area (Å²) in [7, 11) is 0. The molecular formula is C12H13NS. The lowest BCUT2D eigenvalue weighted by molar-refractivity contribution is 0.383. The molecule has 3 rings (SSSR count). The van der Waals surface area contributed by atoms with Crippen LogP contribution >= 0.6 is 12.2 Å². The molecule has 1 aromatic carbocycles. The van der Waals surface area contributed by atoms with Crippen molar-refractivity contribution in [2.45, 2.75) is 25.3 Å². The summed E-state index contributed by atoms with van der Waals surface area (Å²) >= 11 is 5.52. The SMILES string of the molecule is S=C1c2ccccc2CC2CCCN12. The maximum absolute atomic E-state index is 5.52. The molecule has 2 aliphatic heterocycles. The van der Waals surface area contributed by atoms with E-state index < -0.39 is 0 Å². The third-order valence-corrected chi connectivity index (χ3v) is 3.80. The lowest BCUT2D eigenvalue weighted by atomic mass is 9.94. The van der Waals surface area contributed by atoms with Crippen LogP contribution in [-0.2, 0) is 6.42 Å². The van der Waals surface area contributed by atoms with Gasteiger partial charge in [-0.15, -0.1) is 0 Å². The zero-order chi connectivity index (χ0) is 9.54. The molecule has 0 aliphatic carbocycles. The Morgan fingerprint density at radius 2 is 2.14 bits per heavy atom. The summed E-state index contributed by atoms with van der Waals surface area (Å²) in [6.45, 7) is 1.16. The van der Waals surface area contributed by atoms with E-state index in [2.05, 4.69) is 29.2 Å². The van der Waals surface area contributed by atoms with Gasteiger partial charge in [-0.2, -0.15) is 0 Å². The third kappa shape index (κ3) is 1.10. The molecule has 0 saturated carbocycles. The predicted octanol–water partition coefficient (Wildman–Crippen LogP) is 2.38. The highest BCUT2D eigenvalue weighted by atomic mass is 32.1. The fourth-order valence-corrected chi connectivity index (χ4v) is 3.07. The Labute approximate surface area is 89.7 Å². The Morgan fingerprint density at radius 3 is 3.07 bits per heavy atom. The monoisotopic (exact) mass is 203 g/mol. The third-order valence-electron chi connectivity index (χ3n) is 3.34. The molecule has 72 valence electrons. The summed E-state index contributed by atoms with van der Waals surface area (Å²) in [5.41, 5.74) is 2.74. The van der Waals surface area contributed by atoms with Crippen molar-refractivity contribution in [1.82, 2.24) is 4.90 Å². The Balaban J connectivity index is 2.08. The fraction of sp³-hybridized carbons (Fsp3) is 0.417. The van der Waals surface area contributed by atoms with E-state index in [4.69, 9.17) is 12.2 Å². The highest BCUT2D eigenvalue weighted by Gasteiger charge is 2.32. The molecule has 2 heterocycles. The predicted molar refractivity (Wildman–Crippen MR) is 61.6 cm³/mol. The normalized spacial score (nSPS) is 24.7. The van der Waals surface area contributed by atoms with E-state index in [1.165, 1.54) is 30.4 Å². The number of hydrogen-bond acceptors (Lipinski definition) is 1. The van der Waals surface area contributed by atoms with Gasteiger partial charge < -0.3 is 4.90 Å². The highest BCUT2D eigenvalue weighted by Crippen LogP contribution is 2.30. The van der Waals surface area contributed by atoms with Crippen LogP contribution in [0.2, 0.25) is 0 Å². The first-order chi connectivity index (χ1) is 6.86. The molecule has 1 unspecified atom stereocenters. The van der Waals surface area contributed by atoms with Gasteiger partial charge in [0, 0.05) is 18.2 Å². The van der Waals surface area contributed by atoms with Crippen LogP contribution in [0, 0.1) is 0 Å². The van der Waals surface area contributed by atoms with Gasteiger partial charge in [0.15, 0.2) is 0 Å². The minimum Gasteiger partial charge on any atom is -0.359 e. The largest absolute Gasteiger partial charge is 0.359 e. The average molecular weight is 203 g/mol. The number of rotatable bonds is 0. The van der Waals surface area contributed by atoms with E-state index in [0.717, 1.165) is 11.5 Å². The van der Waals surface area contributed by atoms with Crippen molar-refractivity contribution in [2.75, 3.05) is 6.54 Å². The minimum absolute atomic E-state index is 0.692. The molecule has 0 spiro atoms. The van der Waals surface area contributed by atoms with Gasteiger partial charge in [-0.1, -0.05) is 36.5 Å². The van der Waals surface area contributed by atoms with Crippen LogP contribution < -0.4 is 0 Å². The van der Waals surface area contributed by atoms with Crippen LogP contribution in [0.3, 0.4) is 0 Å². The van der Waals surface area contributed by atoms with Crippen LogP contribution in [0.5, 0.6) is 0 Å². The Kier molecular flexibility index (Phi) is 1.84. The van der Waals surface area contributed by atoms with Gasteiger partial charge in [0.25, 0.3) is 0 Å². The first-order valence-electron chi connectivity index (χ1n) is 5.25. The van der Waals surface area contributed by atoms with Crippen LogP contribution in [0.4, 0.5) is 0 Å². The Morgan fingerprint density at radius 1 is 1.29 bits per heavy atom. The number of thiocarbonyl (C=S) groups is 1. The van der Waals surface area contributed by atoms with Crippen LogP contribution in [0.25, 0.3) is 0 Å². The quantitative estimate of drug-likeness (QED) is 0.596. The van der Waals surface area contributed by atoms with Crippen LogP contribution in [0.1, 0.15) is 24.0 Å². The molecule has 2 heteroatoms. The minimum atomic E-state index is 0.692. The molecule has 0 N–H and O–H groups in total. The lowest BCUT2D eigenvalue weighted by Crippen LogP contribution is -2.40. The van der Waals surface area contributed by atoms with Crippen molar-refractivity contribution in [1.29, 1.82) is 0 Å². The summed E-state index contributed by atoms with van der Waals surface area (Å²) in [6, 6.07) is 9.27. The topological polar surface area (TPSA) is 3.24 Å². The maximum atomic E-state index is 5.52. The van der Waals surface area contributed by atoms with Gasteiger partial charge in [0.1, 0.15) is 4.99 Å². The molecular weight excluding hydrogens is 190 g/mol. The van der Waals surface area contributed by atoms with E-state index in [0.29, 0.717) is 6.04 Å². The van der Waals surface area contributed by atoms with Crippen molar-refractivity contribution in [3.63, 3.8) is 0 Å². The smallest absolute Gasteiger partial charge is 0.109 e. The van der Waals surface area contributed by atoms with E-state index in [1.54, 1.807) is 0 Å². The standard InChI is InChI=1S/C12H13NS/c14-12-11-6-2-1-4-9(11)8-10-5-3-7-13(10)12/h1-2,4,6,10H,3,5,7-8H2. The number of benzene rings is 1. The van der Waals surface area contributed by atoms with Crippen molar-refractivity contribution in [3.05, 3.63) is 35.4 Å². The van der Waals surface area contributed by atoms with Crippen molar-refractivity contribution < 1.29 is 0 Å². The average Bonchev–Trinajstić information content (AvgIpc) is 2.66. The van der Waals surface area contributed by atoms with E-state index in [-0.39, 0.29) is 0 Å². The van der Waals surface area contributed by atoms with Crippen molar-refractivity contribution in [2.24, 2.45) is 0 Å². The molecule has 1 fully saturated rings. The lowest BCUT2D eigenvalue weighted by Gasteiger charge is -2.33. The first-order valence-corrected chi connectivity index (χ1v) is 5.66. The summed E-state index contributed by atoms with van der Waals surface area (Å²) in [4.78, 5) is 3.49. The second-order valence-corrected chi connectivity index (χ2v) is 4.54. The van der Waals surface area contributed by atoms with E-state index in [1.807, 2.05) is 0 Å². The van der Waals surface area contributed by atoms with Crippen LogP contribution in [-0.4, -0.2) is 22.5 Å². The summed E-state index contributed by atoms with van der Waals surface area (Å²) in [5.74, 6) is 0. The first kappa shape index (κ1) is 8.42. The van der Waals surface area contributed by atoms with E-state index in [9.17, 15) is 0 Å². The van der Waals surface area contributed by atoms with Gasteiger partial charge in [0.2, 0.25) is 0 Å². The van der Waals surface area contributed by atoms with Crippen LogP contribution in [0.15, 0.2) is 24.3 Å². The van der Waals surface area contributed by atoms with Gasteiger partial charge >= 0.3 is 0 Å². The zero-order valence-electron chi connectivity index (χ0n) is 8.07. The van der Waals surface area contributed by atoms with Gasteiger partial charge in [0.05, 0.1) is 0 Å². The molecule has 0 bridgehead atoms. The zero-order valence-corrected chi connectivity index (χ0v) is 8.89. The Bertz CT molecular complexity index is 386. The highest BCUT2D eigenvalue weighted by molar-refractivity contribution is 7.80. The van der Waals surface area contributed by atoms with Crippen molar-refractivity contribution in [3.8, 4) is 0 Å². The molecule has 0 aromatic heterocycles.